The fourth-order valence-corrected chi connectivity index (χ4v) is 3.63. The molecule has 0 saturated carbocycles. The first-order chi connectivity index (χ1) is 16.8. The molecule has 35 heavy (non-hydrogen) atoms. The van der Waals surface area contributed by atoms with Gasteiger partial charge < -0.3 is 23.9 Å². The Kier molecular flexibility index (Phi) is 8.85. The Hall–Kier alpha value is -3.41. The predicted octanol–water partition coefficient (Wildman–Crippen LogP) is 5.47. The number of carbonyl (C=O) groups excluding carboxylic acids is 1. The number of halogens is 3. The van der Waals surface area contributed by atoms with Crippen molar-refractivity contribution < 1.29 is 36.6 Å². The van der Waals surface area contributed by atoms with Gasteiger partial charge in [-0.05, 0) is 52.0 Å². The molecule has 0 aliphatic heterocycles. The van der Waals surface area contributed by atoms with Crippen LogP contribution in [0.25, 0.3) is 11.5 Å². The largest absolute Gasteiger partial charge is 0.490 e. The molecule has 3 rings (SSSR count). The van der Waals surface area contributed by atoms with Crippen LogP contribution >= 0.6 is 11.8 Å². The maximum Gasteiger partial charge on any atom is 0.277 e. The van der Waals surface area contributed by atoms with Gasteiger partial charge in [-0.1, -0.05) is 11.8 Å². The summed E-state index contributed by atoms with van der Waals surface area (Å²) < 4.78 is 63.1. The molecular weight excluding hydrogens is 487 g/mol. The summed E-state index contributed by atoms with van der Waals surface area (Å²) in [4.78, 5) is 12.4. The average Bonchev–Trinajstić information content (AvgIpc) is 3.30. The van der Waals surface area contributed by atoms with Crippen molar-refractivity contribution in [2.45, 2.75) is 38.2 Å². The van der Waals surface area contributed by atoms with Gasteiger partial charge in [-0.15, -0.1) is 10.2 Å². The Bertz CT molecular complexity index is 1160. The highest BCUT2D eigenvalue weighted by atomic mass is 32.2. The highest BCUT2D eigenvalue weighted by molar-refractivity contribution is 8.00. The van der Waals surface area contributed by atoms with Gasteiger partial charge in [0.15, 0.2) is 29.0 Å². The number of nitrogens with one attached hydrogen (secondary N) is 1. The zero-order valence-electron chi connectivity index (χ0n) is 19.5. The Balaban J connectivity index is 1.78. The molecule has 0 aliphatic rings. The number of hydrogen-bond donors (Lipinski definition) is 1. The SMILES string of the molecule is CCOc1cc(-c2nnc(S[C@@H](C)C(=O)Nc3ccc(F)c(F)c3F)o2)cc(OCC)c1OCC. The Morgan fingerprint density at radius 3 is 2.23 bits per heavy atom. The van der Waals surface area contributed by atoms with E-state index >= 15 is 0 Å². The van der Waals surface area contributed by atoms with Crippen molar-refractivity contribution in [1.29, 1.82) is 0 Å². The highest BCUT2D eigenvalue weighted by Gasteiger charge is 2.23. The zero-order valence-corrected chi connectivity index (χ0v) is 20.3. The predicted molar refractivity (Wildman–Crippen MR) is 124 cm³/mol. The summed E-state index contributed by atoms with van der Waals surface area (Å²) in [5, 5.41) is 9.43. The molecule has 1 amide bonds. The third-order valence-corrected chi connectivity index (χ3v) is 5.44. The molecular formula is C23H24F3N3O5S. The molecule has 1 aromatic heterocycles. The van der Waals surface area contributed by atoms with Crippen molar-refractivity contribution in [2.24, 2.45) is 0 Å². The van der Waals surface area contributed by atoms with Gasteiger partial charge in [-0.3, -0.25) is 4.79 Å². The molecule has 0 unspecified atom stereocenters. The van der Waals surface area contributed by atoms with Crippen LogP contribution < -0.4 is 19.5 Å². The number of hydrogen-bond acceptors (Lipinski definition) is 8. The average molecular weight is 512 g/mol. The molecule has 0 radical (unpaired) electrons. The lowest BCUT2D eigenvalue weighted by molar-refractivity contribution is -0.115. The Morgan fingerprint density at radius 1 is 1.00 bits per heavy atom. The lowest BCUT2D eigenvalue weighted by Crippen LogP contribution is -2.23. The molecule has 0 bridgehead atoms. The molecule has 2 aromatic carbocycles. The summed E-state index contributed by atoms with van der Waals surface area (Å²) >= 11 is 0.910. The standard InChI is InChI=1S/C23H24F3N3O5S/c1-5-31-16-10-13(11-17(32-6-2)20(16)33-7-3)22-28-29-23(34-22)35-12(4)21(30)27-15-9-8-14(24)18(25)19(15)26/h8-12H,5-7H2,1-4H3,(H,27,30)/t12-/m0/s1. The van der Waals surface area contributed by atoms with Gasteiger partial charge in [0.25, 0.3) is 5.22 Å². The highest BCUT2D eigenvalue weighted by Crippen LogP contribution is 2.42. The van der Waals surface area contributed by atoms with E-state index in [2.05, 4.69) is 15.5 Å². The molecule has 12 heteroatoms. The van der Waals surface area contributed by atoms with E-state index in [1.807, 2.05) is 20.8 Å². The number of benzene rings is 2. The fraction of sp³-hybridized carbons (Fsp3) is 0.348. The maximum atomic E-state index is 13.8. The fourth-order valence-electron chi connectivity index (χ4n) is 2.95. The third-order valence-electron chi connectivity index (χ3n) is 4.50. The van der Waals surface area contributed by atoms with E-state index < -0.39 is 34.3 Å². The quantitative estimate of drug-likeness (QED) is 0.268. The Labute approximate surface area is 204 Å². The summed E-state index contributed by atoms with van der Waals surface area (Å²) in [7, 11) is 0. The Morgan fingerprint density at radius 2 is 1.63 bits per heavy atom. The topological polar surface area (TPSA) is 95.7 Å². The van der Waals surface area contributed by atoms with Crippen molar-refractivity contribution in [3.05, 3.63) is 41.7 Å². The second-order valence-corrected chi connectivity index (χ2v) is 8.24. The number of thioether (sulfide) groups is 1. The first-order valence-electron chi connectivity index (χ1n) is 10.8. The van der Waals surface area contributed by atoms with E-state index in [-0.39, 0.29) is 11.1 Å². The van der Waals surface area contributed by atoms with Crippen LogP contribution in [0, 0.1) is 17.5 Å². The molecule has 1 heterocycles. The number of amides is 1. The molecule has 0 spiro atoms. The number of aromatic nitrogens is 2. The summed E-state index contributed by atoms with van der Waals surface area (Å²) in [5.74, 6) is -3.67. The van der Waals surface area contributed by atoms with Crippen LogP contribution in [0.4, 0.5) is 18.9 Å². The minimum Gasteiger partial charge on any atom is -0.490 e. The van der Waals surface area contributed by atoms with Gasteiger partial charge in [-0.2, -0.15) is 0 Å². The number of nitrogens with zero attached hydrogens (tertiary/aromatic N) is 2. The van der Waals surface area contributed by atoms with E-state index in [1.54, 1.807) is 12.1 Å². The molecule has 1 N–H and O–H groups in total. The van der Waals surface area contributed by atoms with Gasteiger partial charge in [-0.25, -0.2) is 13.2 Å². The number of carbonyl (C=O) groups is 1. The van der Waals surface area contributed by atoms with Crippen LogP contribution in [0.5, 0.6) is 17.2 Å². The van der Waals surface area contributed by atoms with Crippen molar-refractivity contribution >= 4 is 23.4 Å². The summed E-state index contributed by atoms with van der Waals surface area (Å²) in [5.41, 5.74) is 0.0366. The van der Waals surface area contributed by atoms with Crippen LogP contribution in [0.2, 0.25) is 0 Å². The first-order valence-corrected chi connectivity index (χ1v) is 11.7. The van der Waals surface area contributed by atoms with Crippen molar-refractivity contribution in [2.75, 3.05) is 25.1 Å². The van der Waals surface area contributed by atoms with Crippen LogP contribution in [0.3, 0.4) is 0 Å². The zero-order chi connectivity index (χ0) is 25.5. The lowest BCUT2D eigenvalue weighted by Gasteiger charge is -2.16. The maximum absolute atomic E-state index is 13.8. The molecule has 0 fully saturated rings. The second kappa shape index (κ2) is 11.8. The number of rotatable bonds is 11. The smallest absolute Gasteiger partial charge is 0.277 e. The van der Waals surface area contributed by atoms with Crippen LogP contribution in [-0.4, -0.2) is 41.2 Å². The van der Waals surface area contributed by atoms with E-state index in [4.69, 9.17) is 18.6 Å². The normalized spacial score (nSPS) is 11.7. The summed E-state index contributed by atoms with van der Waals surface area (Å²) in [6, 6.07) is 5.02. The molecule has 0 saturated heterocycles. The molecule has 3 aromatic rings. The summed E-state index contributed by atoms with van der Waals surface area (Å²) in [6.07, 6.45) is 0. The minimum atomic E-state index is -1.67. The monoisotopic (exact) mass is 511 g/mol. The van der Waals surface area contributed by atoms with E-state index in [1.165, 1.54) is 6.92 Å². The third kappa shape index (κ3) is 6.18. The van der Waals surface area contributed by atoms with E-state index in [0.717, 1.165) is 23.9 Å². The van der Waals surface area contributed by atoms with E-state index in [9.17, 15) is 18.0 Å². The lowest BCUT2D eigenvalue weighted by atomic mass is 10.2. The molecule has 1 atom stereocenters. The minimum absolute atomic E-state index is 0.0678. The number of anilines is 1. The van der Waals surface area contributed by atoms with Crippen LogP contribution in [0.15, 0.2) is 33.9 Å². The first kappa shape index (κ1) is 26.2. The second-order valence-electron chi connectivity index (χ2n) is 6.95. The molecule has 188 valence electrons. The van der Waals surface area contributed by atoms with Gasteiger partial charge >= 0.3 is 0 Å². The van der Waals surface area contributed by atoms with Crippen molar-refractivity contribution in [1.82, 2.24) is 10.2 Å². The van der Waals surface area contributed by atoms with Gasteiger partial charge in [0.1, 0.15) is 0 Å². The summed E-state index contributed by atoms with van der Waals surface area (Å²) in [6.45, 7) is 8.23. The van der Waals surface area contributed by atoms with Crippen molar-refractivity contribution in [3.8, 4) is 28.7 Å². The van der Waals surface area contributed by atoms with Gasteiger partial charge in [0, 0.05) is 5.56 Å². The van der Waals surface area contributed by atoms with Crippen LogP contribution in [0.1, 0.15) is 27.7 Å². The molecule has 8 nitrogen and oxygen atoms in total. The van der Waals surface area contributed by atoms with Crippen molar-refractivity contribution in [3.63, 3.8) is 0 Å². The van der Waals surface area contributed by atoms with Crippen LogP contribution in [-0.2, 0) is 4.79 Å². The van der Waals surface area contributed by atoms with Gasteiger partial charge in [0.05, 0.1) is 30.8 Å². The van der Waals surface area contributed by atoms with E-state index in [0.29, 0.717) is 42.6 Å². The van der Waals surface area contributed by atoms with Gasteiger partial charge in [0.2, 0.25) is 17.5 Å². The number of ether oxygens (including phenoxy) is 3. The molecule has 0 aliphatic carbocycles.